The Kier molecular flexibility index (Phi) is 5.38. The van der Waals surface area contributed by atoms with Gasteiger partial charge in [-0.15, -0.1) is 0 Å². The Bertz CT molecular complexity index is 1200. The van der Waals surface area contributed by atoms with Crippen LogP contribution in [0.5, 0.6) is 5.75 Å². The Balaban J connectivity index is 1.59. The second kappa shape index (κ2) is 7.85. The highest BCUT2D eigenvalue weighted by molar-refractivity contribution is 7.89. The van der Waals surface area contributed by atoms with Gasteiger partial charge in [0, 0.05) is 24.6 Å². The second-order valence-electron chi connectivity index (χ2n) is 7.65. The molecule has 4 rings (SSSR count). The summed E-state index contributed by atoms with van der Waals surface area (Å²) in [6.45, 7) is 3.74. The molecule has 1 fully saturated rings. The molecule has 0 N–H and O–H groups in total. The summed E-state index contributed by atoms with van der Waals surface area (Å²) in [7, 11) is -2.14. The largest absolute Gasteiger partial charge is 0.497 e. The normalized spacial score (nSPS) is 17.9. The van der Waals surface area contributed by atoms with Crippen LogP contribution >= 0.6 is 0 Å². The van der Waals surface area contributed by atoms with E-state index in [1.165, 1.54) is 4.31 Å². The zero-order valence-corrected chi connectivity index (χ0v) is 18.0. The van der Waals surface area contributed by atoms with Crippen molar-refractivity contribution in [3.8, 4) is 5.75 Å². The van der Waals surface area contributed by atoms with Gasteiger partial charge >= 0.3 is 0 Å². The number of hydrogen-bond donors (Lipinski definition) is 0. The molecule has 0 saturated carbocycles. The van der Waals surface area contributed by atoms with Gasteiger partial charge in [0.25, 0.3) is 0 Å². The number of sulfonamides is 1. The monoisotopic (exact) mass is 428 g/mol. The van der Waals surface area contributed by atoms with Crippen LogP contribution in [0.2, 0.25) is 0 Å². The van der Waals surface area contributed by atoms with Crippen molar-refractivity contribution in [1.29, 1.82) is 0 Å². The number of aromatic nitrogens is 1. The molecule has 1 aliphatic heterocycles. The third-order valence-corrected chi connectivity index (χ3v) is 7.76. The van der Waals surface area contributed by atoms with E-state index in [0.717, 1.165) is 16.5 Å². The standard InChI is InChI=1S/C22H24N2O5S/c1-14-22(15(2)29-23-14)30(26,27)24-10-4-5-19(13-24)21(25)18-7-6-17-12-20(28-3)9-8-16(17)11-18/h6-9,11-12,19H,4-5,10,13H2,1-3H3. The van der Waals surface area contributed by atoms with E-state index in [4.69, 9.17) is 9.26 Å². The highest BCUT2D eigenvalue weighted by Crippen LogP contribution is 2.30. The van der Waals surface area contributed by atoms with Gasteiger partial charge in [0.1, 0.15) is 16.3 Å². The molecule has 1 aliphatic rings. The van der Waals surface area contributed by atoms with E-state index in [-0.39, 0.29) is 28.9 Å². The highest BCUT2D eigenvalue weighted by Gasteiger charge is 2.36. The number of ether oxygens (including phenoxy) is 1. The molecule has 7 nitrogen and oxygen atoms in total. The molecule has 3 aromatic rings. The first-order valence-electron chi connectivity index (χ1n) is 9.86. The van der Waals surface area contributed by atoms with Crippen LogP contribution in [-0.4, -0.2) is 43.9 Å². The number of carbonyl (C=O) groups excluding carboxylic acids is 1. The minimum absolute atomic E-state index is 0.0358. The van der Waals surface area contributed by atoms with Gasteiger partial charge in [-0.1, -0.05) is 23.4 Å². The zero-order chi connectivity index (χ0) is 21.5. The van der Waals surface area contributed by atoms with Gasteiger partial charge in [0.2, 0.25) is 10.0 Å². The van der Waals surface area contributed by atoms with Crippen LogP contribution in [0.4, 0.5) is 0 Å². The molecule has 0 radical (unpaired) electrons. The Labute approximate surface area is 175 Å². The maximum atomic E-state index is 13.2. The van der Waals surface area contributed by atoms with Gasteiger partial charge in [0.15, 0.2) is 11.5 Å². The molecule has 1 aromatic heterocycles. The lowest BCUT2D eigenvalue weighted by Gasteiger charge is -2.31. The Morgan fingerprint density at radius 1 is 1.17 bits per heavy atom. The summed E-state index contributed by atoms with van der Waals surface area (Å²) in [5.41, 5.74) is 0.931. The van der Waals surface area contributed by atoms with Crippen molar-refractivity contribution in [1.82, 2.24) is 9.46 Å². The minimum Gasteiger partial charge on any atom is -0.497 e. The smallest absolute Gasteiger partial charge is 0.248 e. The van der Waals surface area contributed by atoms with Gasteiger partial charge in [-0.25, -0.2) is 8.42 Å². The number of carbonyl (C=O) groups is 1. The van der Waals surface area contributed by atoms with Crippen LogP contribution in [0.25, 0.3) is 10.8 Å². The molecular weight excluding hydrogens is 404 g/mol. The van der Waals surface area contributed by atoms with Crippen LogP contribution in [0, 0.1) is 19.8 Å². The average molecular weight is 429 g/mol. The number of fused-ring (bicyclic) bond motifs is 1. The maximum absolute atomic E-state index is 13.2. The van der Waals surface area contributed by atoms with Gasteiger partial charge < -0.3 is 9.26 Å². The fraction of sp³-hybridized carbons (Fsp3) is 0.364. The lowest BCUT2D eigenvalue weighted by atomic mass is 9.90. The van der Waals surface area contributed by atoms with E-state index >= 15 is 0 Å². The van der Waals surface area contributed by atoms with Crippen molar-refractivity contribution in [3.05, 3.63) is 53.4 Å². The molecule has 0 amide bonds. The topological polar surface area (TPSA) is 89.7 Å². The lowest BCUT2D eigenvalue weighted by molar-refractivity contribution is 0.0872. The number of hydrogen-bond acceptors (Lipinski definition) is 6. The first kappa shape index (κ1) is 20.6. The van der Waals surface area contributed by atoms with Crippen LogP contribution < -0.4 is 4.74 Å². The number of methoxy groups -OCH3 is 1. The summed E-state index contributed by atoms with van der Waals surface area (Å²) in [4.78, 5) is 13.3. The van der Waals surface area contributed by atoms with E-state index in [1.54, 1.807) is 27.0 Å². The van der Waals surface area contributed by atoms with Crippen molar-refractivity contribution < 1.29 is 22.5 Å². The maximum Gasteiger partial charge on any atom is 0.248 e. The minimum atomic E-state index is -3.76. The van der Waals surface area contributed by atoms with Gasteiger partial charge in [-0.2, -0.15) is 4.31 Å². The highest BCUT2D eigenvalue weighted by atomic mass is 32.2. The van der Waals surface area contributed by atoms with Crippen LogP contribution in [0.1, 0.15) is 34.7 Å². The number of Topliss-reactive ketones (excluding diaryl/α,β-unsaturated/α-hetero) is 1. The summed E-state index contributed by atoms with van der Waals surface area (Å²) in [5, 5.41) is 5.69. The fourth-order valence-electron chi connectivity index (χ4n) is 4.09. The van der Waals surface area contributed by atoms with Crippen LogP contribution in [0.15, 0.2) is 45.8 Å². The first-order chi connectivity index (χ1) is 14.3. The molecule has 0 spiro atoms. The third-order valence-electron chi connectivity index (χ3n) is 5.65. The van der Waals surface area contributed by atoms with Gasteiger partial charge in [-0.3, -0.25) is 4.79 Å². The molecular formula is C22H24N2O5S. The Morgan fingerprint density at radius 3 is 2.60 bits per heavy atom. The Morgan fingerprint density at radius 2 is 1.90 bits per heavy atom. The summed E-state index contributed by atoms with van der Waals surface area (Å²) in [5.74, 6) is 0.607. The molecule has 1 atom stereocenters. The van der Waals surface area contributed by atoms with E-state index in [0.29, 0.717) is 30.6 Å². The number of benzene rings is 2. The predicted octanol–water partition coefficient (Wildman–Crippen LogP) is 3.74. The molecule has 30 heavy (non-hydrogen) atoms. The average Bonchev–Trinajstić information content (AvgIpc) is 3.11. The molecule has 1 unspecified atom stereocenters. The lowest BCUT2D eigenvalue weighted by Crippen LogP contribution is -2.42. The van der Waals surface area contributed by atoms with E-state index in [2.05, 4.69) is 5.16 Å². The van der Waals surface area contributed by atoms with Crippen molar-refractivity contribution >= 4 is 26.6 Å². The zero-order valence-electron chi connectivity index (χ0n) is 17.2. The van der Waals surface area contributed by atoms with Crippen molar-refractivity contribution in [2.75, 3.05) is 20.2 Å². The summed E-state index contributed by atoms with van der Waals surface area (Å²) in [6.07, 6.45) is 1.29. The molecule has 2 aromatic carbocycles. The number of ketones is 1. The van der Waals surface area contributed by atoms with Crippen LogP contribution in [-0.2, 0) is 10.0 Å². The number of rotatable bonds is 5. The van der Waals surface area contributed by atoms with E-state index < -0.39 is 10.0 Å². The molecule has 158 valence electrons. The second-order valence-corrected chi connectivity index (χ2v) is 9.52. The van der Waals surface area contributed by atoms with Crippen molar-refractivity contribution in [2.24, 2.45) is 5.92 Å². The first-order valence-corrected chi connectivity index (χ1v) is 11.3. The molecule has 0 aliphatic carbocycles. The van der Waals surface area contributed by atoms with Crippen molar-refractivity contribution in [3.63, 3.8) is 0 Å². The predicted molar refractivity (Wildman–Crippen MR) is 112 cm³/mol. The number of nitrogens with zero attached hydrogens (tertiary/aromatic N) is 2. The van der Waals surface area contributed by atoms with Gasteiger partial charge in [-0.05, 0) is 55.7 Å². The summed E-state index contributed by atoms with van der Waals surface area (Å²) < 4.78 is 37.9. The van der Waals surface area contributed by atoms with E-state index in [9.17, 15) is 13.2 Å². The fourth-order valence-corrected chi connectivity index (χ4v) is 5.90. The quantitative estimate of drug-likeness (QED) is 0.575. The molecule has 2 heterocycles. The summed E-state index contributed by atoms with van der Waals surface area (Å²) >= 11 is 0. The number of aryl methyl sites for hydroxylation is 2. The van der Waals surface area contributed by atoms with E-state index in [1.807, 2.05) is 30.3 Å². The molecule has 1 saturated heterocycles. The SMILES string of the molecule is COc1ccc2cc(C(=O)C3CCCN(S(=O)(=O)c4c(C)noc4C)C3)ccc2c1. The Hall–Kier alpha value is -2.71. The third kappa shape index (κ3) is 3.61. The van der Waals surface area contributed by atoms with Crippen molar-refractivity contribution in [2.45, 2.75) is 31.6 Å². The molecule has 8 heteroatoms. The molecule has 0 bridgehead atoms. The summed E-state index contributed by atoms with van der Waals surface area (Å²) in [6, 6.07) is 11.2. The van der Waals surface area contributed by atoms with Gasteiger partial charge in [0.05, 0.1) is 7.11 Å². The number of piperidine rings is 1. The van der Waals surface area contributed by atoms with Crippen LogP contribution in [0.3, 0.4) is 0 Å².